The Labute approximate surface area is 102 Å². The summed E-state index contributed by atoms with van der Waals surface area (Å²) in [5.74, 6) is -0.0879. The number of carbonyl (C=O) groups is 1. The molecule has 1 amide bonds. The Morgan fingerprint density at radius 2 is 2.00 bits per heavy atom. The first kappa shape index (κ1) is 12.1. The lowest BCUT2D eigenvalue weighted by Gasteiger charge is -2.23. The Morgan fingerprint density at radius 1 is 1.24 bits per heavy atom. The SMILES string of the molecule is O=C1C(CO)CCCCN1Cc1ccccc1. The van der Waals surface area contributed by atoms with Crippen LogP contribution in [0, 0.1) is 5.92 Å². The minimum absolute atomic E-state index is 0.0237. The van der Waals surface area contributed by atoms with Crippen LogP contribution in [-0.2, 0) is 11.3 Å². The van der Waals surface area contributed by atoms with Crippen LogP contribution in [0.4, 0.5) is 0 Å². The Balaban J connectivity index is 2.06. The normalized spacial score (nSPS) is 21.4. The van der Waals surface area contributed by atoms with Gasteiger partial charge in [-0.15, -0.1) is 0 Å². The molecule has 3 nitrogen and oxygen atoms in total. The fourth-order valence-corrected chi connectivity index (χ4v) is 2.32. The topological polar surface area (TPSA) is 40.5 Å². The summed E-state index contributed by atoms with van der Waals surface area (Å²) in [6.07, 6.45) is 2.89. The van der Waals surface area contributed by atoms with Crippen LogP contribution in [0.1, 0.15) is 24.8 Å². The molecular formula is C14H19NO2. The molecule has 1 saturated heterocycles. The molecule has 1 aromatic carbocycles. The van der Waals surface area contributed by atoms with Crippen molar-refractivity contribution in [3.8, 4) is 0 Å². The maximum absolute atomic E-state index is 12.1. The van der Waals surface area contributed by atoms with E-state index in [2.05, 4.69) is 0 Å². The summed E-state index contributed by atoms with van der Waals surface area (Å²) in [5.41, 5.74) is 1.15. The van der Waals surface area contributed by atoms with Gasteiger partial charge in [0, 0.05) is 13.1 Å². The van der Waals surface area contributed by atoms with Gasteiger partial charge in [-0.1, -0.05) is 36.8 Å². The molecule has 1 heterocycles. The van der Waals surface area contributed by atoms with Gasteiger partial charge in [0.2, 0.25) is 5.91 Å². The van der Waals surface area contributed by atoms with Crippen molar-refractivity contribution in [3.05, 3.63) is 35.9 Å². The molecule has 17 heavy (non-hydrogen) atoms. The molecule has 1 atom stereocenters. The van der Waals surface area contributed by atoms with Gasteiger partial charge < -0.3 is 10.0 Å². The second-order valence-corrected chi connectivity index (χ2v) is 4.62. The number of amides is 1. The monoisotopic (exact) mass is 233 g/mol. The first-order chi connectivity index (χ1) is 8.31. The van der Waals surface area contributed by atoms with Crippen molar-refractivity contribution in [2.75, 3.05) is 13.2 Å². The number of benzene rings is 1. The van der Waals surface area contributed by atoms with Crippen molar-refractivity contribution in [2.45, 2.75) is 25.8 Å². The summed E-state index contributed by atoms with van der Waals surface area (Å²) in [4.78, 5) is 14.0. The van der Waals surface area contributed by atoms with Gasteiger partial charge in [0.15, 0.2) is 0 Å². The van der Waals surface area contributed by atoms with Crippen LogP contribution in [-0.4, -0.2) is 29.1 Å². The molecule has 1 N–H and O–H groups in total. The first-order valence-corrected chi connectivity index (χ1v) is 6.25. The molecule has 0 aromatic heterocycles. The third-order valence-electron chi connectivity index (χ3n) is 3.33. The van der Waals surface area contributed by atoms with Gasteiger partial charge >= 0.3 is 0 Å². The quantitative estimate of drug-likeness (QED) is 0.865. The lowest BCUT2D eigenvalue weighted by molar-refractivity contribution is -0.136. The molecule has 92 valence electrons. The number of nitrogens with zero attached hydrogens (tertiary/aromatic N) is 1. The number of hydrogen-bond donors (Lipinski definition) is 1. The molecule has 0 radical (unpaired) electrons. The standard InChI is InChI=1S/C14H19NO2/c16-11-13-8-4-5-9-15(14(13)17)10-12-6-2-1-3-7-12/h1-3,6-7,13,16H,4-5,8-11H2. The number of aliphatic hydroxyl groups is 1. The summed E-state index contributed by atoms with van der Waals surface area (Å²) in [7, 11) is 0. The minimum atomic E-state index is -0.193. The van der Waals surface area contributed by atoms with Gasteiger partial charge in [0.25, 0.3) is 0 Å². The molecule has 1 unspecified atom stereocenters. The molecule has 2 rings (SSSR count). The van der Waals surface area contributed by atoms with Crippen molar-refractivity contribution in [1.29, 1.82) is 0 Å². The summed E-state index contributed by atoms with van der Waals surface area (Å²) < 4.78 is 0. The van der Waals surface area contributed by atoms with E-state index in [4.69, 9.17) is 0 Å². The molecule has 1 aliphatic rings. The largest absolute Gasteiger partial charge is 0.396 e. The van der Waals surface area contributed by atoms with Gasteiger partial charge in [-0.05, 0) is 18.4 Å². The van der Waals surface area contributed by atoms with Crippen molar-refractivity contribution in [3.63, 3.8) is 0 Å². The number of aliphatic hydroxyl groups excluding tert-OH is 1. The molecule has 1 fully saturated rings. The van der Waals surface area contributed by atoms with Crippen LogP contribution in [0.5, 0.6) is 0 Å². The summed E-state index contributed by atoms with van der Waals surface area (Å²) in [6, 6.07) is 10.0. The minimum Gasteiger partial charge on any atom is -0.396 e. The molecule has 0 saturated carbocycles. The van der Waals surface area contributed by atoms with Crippen molar-refractivity contribution >= 4 is 5.91 Å². The highest BCUT2D eigenvalue weighted by Crippen LogP contribution is 2.19. The smallest absolute Gasteiger partial charge is 0.228 e. The highest BCUT2D eigenvalue weighted by Gasteiger charge is 2.25. The molecule has 1 aliphatic heterocycles. The van der Waals surface area contributed by atoms with E-state index in [0.29, 0.717) is 6.54 Å². The predicted octanol–water partition coefficient (Wildman–Crippen LogP) is 1.81. The lowest BCUT2D eigenvalue weighted by atomic mass is 10.0. The van der Waals surface area contributed by atoms with Crippen molar-refractivity contribution in [2.24, 2.45) is 5.92 Å². The highest BCUT2D eigenvalue weighted by atomic mass is 16.3. The summed E-state index contributed by atoms with van der Waals surface area (Å²) in [5, 5.41) is 9.22. The average Bonchev–Trinajstić information content (AvgIpc) is 2.54. The zero-order valence-electron chi connectivity index (χ0n) is 10.0. The van der Waals surface area contributed by atoms with Crippen molar-refractivity contribution in [1.82, 2.24) is 4.90 Å². The molecule has 0 spiro atoms. The molecule has 1 aromatic rings. The maximum Gasteiger partial charge on any atom is 0.228 e. The van der Waals surface area contributed by atoms with Crippen LogP contribution < -0.4 is 0 Å². The van der Waals surface area contributed by atoms with Gasteiger partial charge in [-0.3, -0.25) is 4.79 Å². The van der Waals surface area contributed by atoms with E-state index < -0.39 is 0 Å². The fourth-order valence-electron chi connectivity index (χ4n) is 2.32. The maximum atomic E-state index is 12.1. The third-order valence-corrected chi connectivity index (χ3v) is 3.33. The van der Waals surface area contributed by atoms with Crippen LogP contribution in [0.2, 0.25) is 0 Å². The zero-order chi connectivity index (χ0) is 12.1. The van der Waals surface area contributed by atoms with E-state index in [-0.39, 0.29) is 18.4 Å². The van der Waals surface area contributed by atoms with E-state index >= 15 is 0 Å². The molecule has 3 heteroatoms. The second-order valence-electron chi connectivity index (χ2n) is 4.62. The Hall–Kier alpha value is -1.35. The predicted molar refractivity (Wildman–Crippen MR) is 66.3 cm³/mol. The van der Waals surface area contributed by atoms with Crippen molar-refractivity contribution < 1.29 is 9.90 Å². The number of likely N-dealkylation sites (tertiary alicyclic amines) is 1. The van der Waals surface area contributed by atoms with E-state index in [1.54, 1.807) is 0 Å². The average molecular weight is 233 g/mol. The zero-order valence-corrected chi connectivity index (χ0v) is 10.0. The third kappa shape index (κ3) is 3.07. The summed E-state index contributed by atoms with van der Waals surface area (Å²) >= 11 is 0. The second kappa shape index (κ2) is 5.82. The number of rotatable bonds is 3. The fraction of sp³-hybridized carbons (Fsp3) is 0.500. The van der Waals surface area contributed by atoms with E-state index in [0.717, 1.165) is 31.4 Å². The van der Waals surface area contributed by atoms with Crippen LogP contribution in [0.25, 0.3) is 0 Å². The van der Waals surface area contributed by atoms with Crippen LogP contribution in [0.3, 0.4) is 0 Å². The highest BCUT2D eigenvalue weighted by molar-refractivity contribution is 5.79. The van der Waals surface area contributed by atoms with Gasteiger partial charge in [-0.25, -0.2) is 0 Å². The lowest BCUT2D eigenvalue weighted by Crippen LogP contribution is -2.35. The van der Waals surface area contributed by atoms with Crippen LogP contribution in [0.15, 0.2) is 30.3 Å². The van der Waals surface area contributed by atoms with Gasteiger partial charge in [0.05, 0.1) is 12.5 Å². The number of carbonyl (C=O) groups excluding carboxylic acids is 1. The Morgan fingerprint density at radius 3 is 2.71 bits per heavy atom. The molecule has 0 aliphatic carbocycles. The Kier molecular flexibility index (Phi) is 4.15. The first-order valence-electron chi connectivity index (χ1n) is 6.25. The van der Waals surface area contributed by atoms with E-state index in [1.165, 1.54) is 0 Å². The van der Waals surface area contributed by atoms with E-state index in [9.17, 15) is 9.90 Å². The van der Waals surface area contributed by atoms with Gasteiger partial charge in [0.1, 0.15) is 0 Å². The van der Waals surface area contributed by atoms with Gasteiger partial charge in [-0.2, -0.15) is 0 Å². The Bertz CT molecular complexity index is 364. The van der Waals surface area contributed by atoms with E-state index in [1.807, 2.05) is 35.2 Å². The summed E-state index contributed by atoms with van der Waals surface area (Å²) in [6.45, 7) is 1.45. The molecular weight excluding hydrogens is 214 g/mol. The molecule has 0 bridgehead atoms. The number of hydrogen-bond acceptors (Lipinski definition) is 2. The van der Waals surface area contributed by atoms with Crippen LogP contribution >= 0.6 is 0 Å².